The summed E-state index contributed by atoms with van der Waals surface area (Å²) < 4.78 is 0. The first-order valence-electron chi connectivity index (χ1n) is 7.78. The normalized spacial score (nSPS) is 16.4. The number of hydrogen-bond donors (Lipinski definition) is 1. The van der Waals surface area contributed by atoms with Gasteiger partial charge >= 0.3 is 0 Å². The molecule has 2 heterocycles. The van der Waals surface area contributed by atoms with Crippen molar-refractivity contribution in [2.45, 2.75) is 33.1 Å². The Balaban J connectivity index is 2.15. The van der Waals surface area contributed by atoms with Gasteiger partial charge in [0.1, 0.15) is 17.5 Å². The molecule has 0 aliphatic carbocycles. The number of anilines is 2. The average Bonchev–Trinajstić information content (AvgIpc) is 2.46. The van der Waals surface area contributed by atoms with E-state index in [-0.39, 0.29) is 0 Å². The number of nitrogens with one attached hydrogen (secondary N) is 1. The first kappa shape index (κ1) is 15.0. The molecule has 1 aliphatic rings. The third-order valence-corrected chi connectivity index (χ3v) is 3.62. The standard InChI is InChI=1S/C15H27N5/c1-4-6-13-17-14(16-7-5-2)12-15(18-13)20-10-8-19(3)9-11-20/h12H,4-11H2,1-3H3,(H,16,17,18). The van der Waals surface area contributed by atoms with Crippen molar-refractivity contribution in [2.24, 2.45) is 0 Å². The molecule has 1 fully saturated rings. The Hall–Kier alpha value is -1.36. The van der Waals surface area contributed by atoms with Gasteiger partial charge in [-0.2, -0.15) is 0 Å². The molecule has 0 bridgehead atoms. The van der Waals surface area contributed by atoms with E-state index >= 15 is 0 Å². The summed E-state index contributed by atoms with van der Waals surface area (Å²) in [6.45, 7) is 9.60. The third kappa shape index (κ3) is 4.07. The number of rotatable bonds is 6. The molecule has 1 saturated heterocycles. The summed E-state index contributed by atoms with van der Waals surface area (Å²) in [4.78, 5) is 14.1. The van der Waals surface area contributed by atoms with Gasteiger partial charge in [-0.15, -0.1) is 0 Å². The molecule has 20 heavy (non-hydrogen) atoms. The highest BCUT2D eigenvalue weighted by atomic mass is 15.3. The second-order valence-electron chi connectivity index (χ2n) is 5.49. The summed E-state index contributed by atoms with van der Waals surface area (Å²) >= 11 is 0. The second-order valence-corrected chi connectivity index (χ2v) is 5.49. The topological polar surface area (TPSA) is 44.3 Å². The Morgan fingerprint density at radius 2 is 1.85 bits per heavy atom. The Kier molecular flexibility index (Phi) is 5.59. The minimum absolute atomic E-state index is 0.947. The largest absolute Gasteiger partial charge is 0.370 e. The minimum Gasteiger partial charge on any atom is -0.370 e. The van der Waals surface area contributed by atoms with E-state index in [2.05, 4.69) is 47.1 Å². The molecule has 0 spiro atoms. The van der Waals surface area contributed by atoms with Crippen LogP contribution in [0.5, 0.6) is 0 Å². The van der Waals surface area contributed by atoms with E-state index in [1.54, 1.807) is 0 Å². The molecule has 0 unspecified atom stereocenters. The average molecular weight is 277 g/mol. The maximum absolute atomic E-state index is 4.74. The van der Waals surface area contributed by atoms with Crippen LogP contribution in [0.25, 0.3) is 0 Å². The van der Waals surface area contributed by atoms with Crippen LogP contribution in [0.4, 0.5) is 11.6 Å². The fourth-order valence-electron chi connectivity index (χ4n) is 2.36. The van der Waals surface area contributed by atoms with Crippen LogP contribution in [0.1, 0.15) is 32.5 Å². The molecule has 0 atom stereocenters. The fraction of sp³-hybridized carbons (Fsp3) is 0.733. The van der Waals surface area contributed by atoms with Gasteiger partial charge in [0.15, 0.2) is 0 Å². The van der Waals surface area contributed by atoms with Gasteiger partial charge in [0.25, 0.3) is 0 Å². The molecule has 1 aromatic rings. The smallest absolute Gasteiger partial charge is 0.134 e. The van der Waals surface area contributed by atoms with Gasteiger partial charge in [0.05, 0.1) is 0 Å². The highest BCUT2D eigenvalue weighted by molar-refractivity contribution is 5.49. The summed E-state index contributed by atoms with van der Waals surface area (Å²) in [5.41, 5.74) is 0. The van der Waals surface area contributed by atoms with Crippen molar-refractivity contribution in [1.29, 1.82) is 0 Å². The van der Waals surface area contributed by atoms with Crippen LogP contribution in [0.15, 0.2) is 6.07 Å². The molecule has 0 radical (unpaired) electrons. The number of piperazine rings is 1. The number of nitrogens with zero attached hydrogens (tertiary/aromatic N) is 4. The summed E-state index contributed by atoms with van der Waals surface area (Å²) in [7, 11) is 2.17. The molecular weight excluding hydrogens is 250 g/mol. The van der Waals surface area contributed by atoms with E-state index < -0.39 is 0 Å². The predicted molar refractivity (Wildman–Crippen MR) is 84.5 cm³/mol. The number of likely N-dealkylation sites (N-methyl/N-ethyl adjacent to an activating group) is 1. The van der Waals surface area contributed by atoms with E-state index in [4.69, 9.17) is 4.98 Å². The highest BCUT2D eigenvalue weighted by Crippen LogP contribution is 2.18. The van der Waals surface area contributed by atoms with Crippen molar-refractivity contribution >= 4 is 11.6 Å². The zero-order valence-corrected chi connectivity index (χ0v) is 13.0. The molecule has 0 amide bonds. The SMILES string of the molecule is CCCNc1cc(N2CCN(C)CC2)nc(CCC)n1. The lowest BCUT2D eigenvalue weighted by Gasteiger charge is -2.33. The number of aryl methyl sites for hydroxylation is 1. The maximum atomic E-state index is 4.74. The van der Waals surface area contributed by atoms with Gasteiger partial charge in [-0.3, -0.25) is 0 Å². The van der Waals surface area contributed by atoms with E-state index in [1.807, 2.05) is 0 Å². The van der Waals surface area contributed by atoms with Crippen LogP contribution < -0.4 is 10.2 Å². The molecule has 0 saturated carbocycles. The predicted octanol–water partition coefficient (Wildman–Crippen LogP) is 2.00. The van der Waals surface area contributed by atoms with Gasteiger partial charge in [0, 0.05) is 45.2 Å². The van der Waals surface area contributed by atoms with Gasteiger partial charge in [-0.05, 0) is 19.9 Å². The number of hydrogen-bond acceptors (Lipinski definition) is 5. The van der Waals surface area contributed by atoms with Crippen molar-refractivity contribution in [1.82, 2.24) is 14.9 Å². The molecule has 0 aromatic carbocycles. The van der Waals surface area contributed by atoms with E-state index in [1.165, 1.54) is 0 Å². The second kappa shape index (κ2) is 7.43. The summed E-state index contributed by atoms with van der Waals surface area (Å²) in [6.07, 6.45) is 3.14. The molecule has 5 heteroatoms. The first-order chi connectivity index (χ1) is 9.72. The molecule has 5 nitrogen and oxygen atoms in total. The molecule has 1 aromatic heterocycles. The van der Waals surface area contributed by atoms with E-state index in [9.17, 15) is 0 Å². The molecule has 1 N–H and O–H groups in total. The molecule has 2 rings (SSSR count). The lowest BCUT2D eigenvalue weighted by atomic mass is 10.3. The molecule has 1 aliphatic heterocycles. The highest BCUT2D eigenvalue weighted by Gasteiger charge is 2.16. The Morgan fingerprint density at radius 3 is 2.50 bits per heavy atom. The zero-order valence-electron chi connectivity index (χ0n) is 13.0. The zero-order chi connectivity index (χ0) is 14.4. The summed E-state index contributed by atoms with van der Waals surface area (Å²) in [5, 5.41) is 3.39. The Labute approximate surface area is 122 Å². The Morgan fingerprint density at radius 1 is 1.10 bits per heavy atom. The van der Waals surface area contributed by atoms with Crippen LogP contribution in [-0.4, -0.2) is 54.6 Å². The molecular formula is C15H27N5. The van der Waals surface area contributed by atoms with Crippen LogP contribution in [0, 0.1) is 0 Å². The fourth-order valence-corrected chi connectivity index (χ4v) is 2.36. The van der Waals surface area contributed by atoms with Crippen LogP contribution in [0.3, 0.4) is 0 Å². The van der Waals surface area contributed by atoms with Crippen molar-refractivity contribution in [3.8, 4) is 0 Å². The number of aromatic nitrogens is 2. The van der Waals surface area contributed by atoms with E-state index in [0.717, 1.165) is 69.4 Å². The minimum atomic E-state index is 0.947. The summed E-state index contributed by atoms with van der Waals surface area (Å²) in [6, 6.07) is 2.10. The first-order valence-corrected chi connectivity index (χ1v) is 7.78. The Bertz CT molecular complexity index is 413. The van der Waals surface area contributed by atoms with Crippen molar-refractivity contribution < 1.29 is 0 Å². The van der Waals surface area contributed by atoms with Crippen molar-refractivity contribution in [3.05, 3.63) is 11.9 Å². The quantitative estimate of drug-likeness (QED) is 0.861. The lowest BCUT2D eigenvalue weighted by molar-refractivity contribution is 0.312. The van der Waals surface area contributed by atoms with Crippen molar-refractivity contribution in [3.63, 3.8) is 0 Å². The van der Waals surface area contributed by atoms with Crippen molar-refractivity contribution in [2.75, 3.05) is 50.0 Å². The molecule has 112 valence electrons. The van der Waals surface area contributed by atoms with Crippen LogP contribution in [-0.2, 0) is 6.42 Å². The van der Waals surface area contributed by atoms with Gasteiger partial charge in [-0.25, -0.2) is 9.97 Å². The summed E-state index contributed by atoms with van der Waals surface area (Å²) in [5.74, 6) is 3.01. The maximum Gasteiger partial charge on any atom is 0.134 e. The van der Waals surface area contributed by atoms with Gasteiger partial charge < -0.3 is 15.1 Å². The van der Waals surface area contributed by atoms with Crippen LogP contribution in [0.2, 0.25) is 0 Å². The van der Waals surface area contributed by atoms with Gasteiger partial charge in [-0.1, -0.05) is 13.8 Å². The lowest BCUT2D eigenvalue weighted by Crippen LogP contribution is -2.45. The van der Waals surface area contributed by atoms with E-state index in [0.29, 0.717) is 0 Å². The monoisotopic (exact) mass is 277 g/mol. The van der Waals surface area contributed by atoms with Gasteiger partial charge in [0.2, 0.25) is 0 Å². The third-order valence-electron chi connectivity index (χ3n) is 3.62. The van der Waals surface area contributed by atoms with Crippen LogP contribution >= 0.6 is 0 Å².